The molecule has 15 heavy (non-hydrogen) atoms. The molecule has 4 nitrogen and oxygen atoms in total. The average Bonchev–Trinajstić information content (AvgIpc) is 2.19. The maximum Gasteiger partial charge on any atom is 0.295 e. The summed E-state index contributed by atoms with van der Waals surface area (Å²) in [4.78, 5) is 11.0. The van der Waals surface area contributed by atoms with Gasteiger partial charge in [0.25, 0.3) is 5.91 Å². The zero-order chi connectivity index (χ0) is 11.1. The highest BCUT2D eigenvalue weighted by Gasteiger charge is 2.29. The van der Waals surface area contributed by atoms with Gasteiger partial charge in [-0.2, -0.15) is 0 Å². The molecule has 0 bridgehead atoms. The second-order valence-electron chi connectivity index (χ2n) is 3.76. The molecule has 0 saturated carbocycles. The summed E-state index contributed by atoms with van der Waals surface area (Å²) in [6, 6.07) is 0. The van der Waals surface area contributed by atoms with E-state index in [2.05, 4.69) is 17.2 Å². The van der Waals surface area contributed by atoms with Crippen LogP contribution >= 0.6 is 0 Å². The van der Waals surface area contributed by atoms with Crippen molar-refractivity contribution in [3.63, 3.8) is 0 Å². The van der Waals surface area contributed by atoms with Gasteiger partial charge in [0.15, 0.2) is 0 Å². The Kier molecular flexibility index (Phi) is 4.60. The number of hydrogen-bond acceptors (Lipinski definition) is 3. The molecule has 1 heterocycles. The van der Waals surface area contributed by atoms with Crippen molar-refractivity contribution < 1.29 is 14.6 Å². The van der Waals surface area contributed by atoms with Gasteiger partial charge in [0.1, 0.15) is 0 Å². The summed E-state index contributed by atoms with van der Waals surface area (Å²) in [6.07, 6.45) is 2.13. The lowest BCUT2D eigenvalue weighted by Crippen LogP contribution is -2.41. The van der Waals surface area contributed by atoms with E-state index in [4.69, 9.17) is 4.74 Å². The Morgan fingerprint density at radius 2 is 2.47 bits per heavy atom. The third-order valence-corrected chi connectivity index (χ3v) is 2.42. The van der Waals surface area contributed by atoms with E-state index in [9.17, 15) is 9.90 Å². The predicted octanol–water partition coefficient (Wildman–Crippen LogP) is 0.0575. The molecule has 4 heteroatoms. The van der Waals surface area contributed by atoms with E-state index in [1.165, 1.54) is 0 Å². The van der Waals surface area contributed by atoms with Gasteiger partial charge in [-0.25, -0.2) is 0 Å². The molecule has 1 rings (SSSR count). The van der Waals surface area contributed by atoms with Crippen LogP contribution in [0.1, 0.15) is 26.2 Å². The van der Waals surface area contributed by atoms with Crippen LogP contribution in [0.15, 0.2) is 0 Å². The van der Waals surface area contributed by atoms with Crippen LogP contribution in [-0.2, 0) is 9.53 Å². The van der Waals surface area contributed by atoms with Crippen LogP contribution < -0.4 is 5.32 Å². The van der Waals surface area contributed by atoms with Gasteiger partial charge in [-0.05, 0) is 32.1 Å². The van der Waals surface area contributed by atoms with Crippen molar-refractivity contribution in [2.75, 3.05) is 19.8 Å². The molecule has 84 valence electrons. The molecular formula is C11H17NO3. The summed E-state index contributed by atoms with van der Waals surface area (Å²) >= 11 is 0. The molecule has 0 radical (unpaired) electrons. The van der Waals surface area contributed by atoms with Crippen molar-refractivity contribution in [1.29, 1.82) is 0 Å². The molecule has 0 aliphatic carbocycles. The molecule has 1 atom stereocenters. The lowest BCUT2D eigenvalue weighted by Gasteiger charge is -2.31. The van der Waals surface area contributed by atoms with Crippen LogP contribution in [0.4, 0.5) is 0 Å². The lowest BCUT2D eigenvalue weighted by molar-refractivity contribution is -0.116. The minimum absolute atomic E-state index is 0.294. The van der Waals surface area contributed by atoms with Gasteiger partial charge in [0.05, 0.1) is 12.2 Å². The van der Waals surface area contributed by atoms with Crippen LogP contribution in [0.2, 0.25) is 0 Å². The van der Waals surface area contributed by atoms with E-state index in [1.807, 2.05) is 0 Å². The van der Waals surface area contributed by atoms with E-state index >= 15 is 0 Å². The summed E-state index contributed by atoms with van der Waals surface area (Å²) in [5.41, 5.74) is -0.773. The third kappa shape index (κ3) is 4.32. The maximum absolute atomic E-state index is 11.0. The SMILES string of the molecule is CC#CC(=O)NCCC1(O)CCCOC1. The first-order valence-corrected chi connectivity index (χ1v) is 5.17. The van der Waals surface area contributed by atoms with Crippen LogP contribution in [0.3, 0.4) is 0 Å². The molecule has 1 aliphatic rings. The second kappa shape index (κ2) is 5.74. The van der Waals surface area contributed by atoms with Gasteiger partial charge in [-0.15, -0.1) is 0 Å². The molecule has 1 unspecified atom stereocenters. The number of ether oxygens (including phenoxy) is 1. The van der Waals surface area contributed by atoms with Gasteiger partial charge in [-0.1, -0.05) is 5.92 Å². The molecular weight excluding hydrogens is 194 g/mol. The standard InChI is InChI=1S/C11H17NO3/c1-2-4-10(13)12-7-6-11(14)5-3-8-15-9-11/h14H,3,5-9H2,1H3,(H,12,13). The van der Waals surface area contributed by atoms with E-state index in [-0.39, 0.29) is 5.91 Å². The van der Waals surface area contributed by atoms with Gasteiger partial charge in [0, 0.05) is 13.2 Å². The zero-order valence-corrected chi connectivity index (χ0v) is 9.01. The fourth-order valence-electron chi connectivity index (χ4n) is 1.60. The fourth-order valence-corrected chi connectivity index (χ4v) is 1.60. The van der Waals surface area contributed by atoms with Gasteiger partial charge in [0.2, 0.25) is 0 Å². The smallest absolute Gasteiger partial charge is 0.295 e. The fraction of sp³-hybridized carbons (Fsp3) is 0.727. The topological polar surface area (TPSA) is 58.6 Å². The molecule has 1 fully saturated rings. The second-order valence-corrected chi connectivity index (χ2v) is 3.76. The van der Waals surface area contributed by atoms with Crippen molar-refractivity contribution >= 4 is 5.91 Å². The van der Waals surface area contributed by atoms with Crippen LogP contribution in [0.25, 0.3) is 0 Å². The monoisotopic (exact) mass is 211 g/mol. The van der Waals surface area contributed by atoms with Crippen molar-refractivity contribution in [2.24, 2.45) is 0 Å². The Morgan fingerprint density at radius 1 is 1.67 bits per heavy atom. The van der Waals surface area contributed by atoms with E-state index < -0.39 is 5.60 Å². The maximum atomic E-state index is 11.0. The van der Waals surface area contributed by atoms with Crippen molar-refractivity contribution in [2.45, 2.75) is 31.8 Å². The number of carbonyl (C=O) groups excluding carboxylic acids is 1. The molecule has 0 aromatic carbocycles. The van der Waals surface area contributed by atoms with Crippen molar-refractivity contribution in [1.82, 2.24) is 5.32 Å². The Balaban J connectivity index is 2.23. The summed E-state index contributed by atoms with van der Waals surface area (Å²) < 4.78 is 5.20. The molecule has 0 spiro atoms. The summed E-state index contributed by atoms with van der Waals surface area (Å²) in [7, 11) is 0. The first-order chi connectivity index (χ1) is 7.16. The number of amides is 1. The first kappa shape index (κ1) is 12.0. The number of nitrogens with one attached hydrogen (secondary N) is 1. The quantitative estimate of drug-likeness (QED) is 0.649. The molecule has 0 aromatic rings. The Morgan fingerprint density at radius 3 is 3.07 bits per heavy atom. The minimum atomic E-state index is -0.773. The number of rotatable bonds is 3. The highest BCUT2D eigenvalue weighted by atomic mass is 16.5. The third-order valence-electron chi connectivity index (χ3n) is 2.42. The van der Waals surface area contributed by atoms with E-state index in [1.54, 1.807) is 6.92 Å². The van der Waals surface area contributed by atoms with Gasteiger partial charge < -0.3 is 15.2 Å². The Hall–Kier alpha value is -1.05. The largest absolute Gasteiger partial charge is 0.387 e. The van der Waals surface area contributed by atoms with Crippen LogP contribution in [-0.4, -0.2) is 36.4 Å². The molecule has 1 aliphatic heterocycles. The summed E-state index contributed by atoms with van der Waals surface area (Å²) in [5.74, 6) is 4.61. The Bertz CT molecular complexity index is 271. The number of aliphatic hydroxyl groups is 1. The Labute approximate surface area is 90.0 Å². The average molecular weight is 211 g/mol. The molecule has 1 saturated heterocycles. The predicted molar refractivity (Wildman–Crippen MR) is 56.1 cm³/mol. The minimum Gasteiger partial charge on any atom is -0.387 e. The molecule has 0 aromatic heterocycles. The number of hydrogen-bond donors (Lipinski definition) is 2. The summed E-state index contributed by atoms with van der Waals surface area (Å²) in [6.45, 7) is 3.13. The van der Waals surface area contributed by atoms with Crippen LogP contribution in [0.5, 0.6) is 0 Å². The normalized spacial score (nSPS) is 25.2. The van der Waals surface area contributed by atoms with Crippen molar-refractivity contribution in [3.8, 4) is 11.8 Å². The molecule has 1 amide bonds. The van der Waals surface area contributed by atoms with E-state index in [0.717, 1.165) is 19.4 Å². The number of carbonyl (C=O) groups is 1. The zero-order valence-electron chi connectivity index (χ0n) is 9.01. The lowest BCUT2D eigenvalue weighted by atomic mass is 9.93. The molecule has 2 N–H and O–H groups in total. The highest BCUT2D eigenvalue weighted by Crippen LogP contribution is 2.21. The van der Waals surface area contributed by atoms with E-state index in [0.29, 0.717) is 19.6 Å². The van der Waals surface area contributed by atoms with Gasteiger partial charge in [-0.3, -0.25) is 4.79 Å². The van der Waals surface area contributed by atoms with Crippen LogP contribution in [0, 0.1) is 11.8 Å². The first-order valence-electron chi connectivity index (χ1n) is 5.17. The van der Waals surface area contributed by atoms with Gasteiger partial charge >= 0.3 is 0 Å². The highest BCUT2D eigenvalue weighted by molar-refractivity contribution is 5.93. The summed E-state index contributed by atoms with van der Waals surface area (Å²) in [5, 5.41) is 12.6. The van der Waals surface area contributed by atoms with Crippen molar-refractivity contribution in [3.05, 3.63) is 0 Å².